The molecule has 1 aromatic heterocycles. The molecule has 5 nitrogen and oxygen atoms in total. The first-order valence-electron chi connectivity index (χ1n) is 6.98. The van der Waals surface area contributed by atoms with Crippen molar-refractivity contribution >= 4 is 27.8 Å². The molecule has 0 aliphatic rings. The lowest BCUT2D eigenvalue weighted by molar-refractivity contribution is 0.0698. The third kappa shape index (κ3) is 3.15. The number of aryl methyl sites for hydroxylation is 1. The minimum absolute atomic E-state index is 0.0642. The normalized spacial score (nSPS) is 14.2. The van der Waals surface area contributed by atoms with Crippen molar-refractivity contribution in [2.75, 3.05) is 12.0 Å². The van der Waals surface area contributed by atoms with Crippen molar-refractivity contribution in [2.24, 2.45) is 0 Å². The molecule has 21 heavy (non-hydrogen) atoms. The first-order chi connectivity index (χ1) is 9.95. The average molecular weight is 308 g/mol. The van der Waals surface area contributed by atoms with Gasteiger partial charge in [0.15, 0.2) is 0 Å². The molecule has 0 spiro atoms. The zero-order chi connectivity index (χ0) is 15.6. The van der Waals surface area contributed by atoms with Crippen LogP contribution in [0, 0.1) is 0 Å². The molecule has 2 atom stereocenters. The van der Waals surface area contributed by atoms with Gasteiger partial charge in [-0.15, -0.1) is 0 Å². The van der Waals surface area contributed by atoms with E-state index in [1.807, 2.05) is 24.5 Å². The molecule has 0 aliphatic carbocycles. The molecular formula is C15H20N2O3S. The Kier molecular flexibility index (Phi) is 4.77. The van der Waals surface area contributed by atoms with Gasteiger partial charge in [0, 0.05) is 35.3 Å². The van der Waals surface area contributed by atoms with Crippen LogP contribution >= 0.6 is 0 Å². The van der Waals surface area contributed by atoms with Gasteiger partial charge in [0.25, 0.3) is 0 Å². The van der Waals surface area contributed by atoms with E-state index in [9.17, 15) is 14.1 Å². The lowest BCUT2D eigenvalue weighted by atomic mass is 10.1. The van der Waals surface area contributed by atoms with Crippen LogP contribution in [0.5, 0.6) is 0 Å². The minimum atomic E-state index is -0.948. The van der Waals surface area contributed by atoms with Crippen molar-refractivity contribution in [2.45, 2.75) is 32.7 Å². The van der Waals surface area contributed by atoms with Crippen molar-refractivity contribution in [3.8, 4) is 0 Å². The van der Waals surface area contributed by atoms with Crippen molar-refractivity contribution in [3.05, 3.63) is 29.6 Å². The quantitative estimate of drug-likeness (QED) is 0.890. The van der Waals surface area contributed by atoms with Gasteiger partial charge in [-0.2, -0.15) is 0 Å². The number of para-hydroxylation sites is 1. The van der Waals surface area contributed by atoms with E-state index < -0.39 is 16.8 Å². The van der Waals surface area contributed by atoms with Gasteiger partial charge in [0.05, 0.1) is 16.6 Å². The van der Waals surface area contributed by atoms with Gasteiger partial charge in [-0.05, 0) is 25.5 Å². The highest BCUT2D eigenvalue weighted by Crippen LogP contribution is 2.26. The molecule has 0 aliphatic heterocycles. The van der Waals surface area contributed by atoms with E-state index in [1.54, 1.807) is 18.4 Å². The highest BCUT2D eigenvalue weighted by Gasteiger charge is 2.20. The number of carboxylic acids is 1. The summed E-state index contributed by atoms with van der Waals surface area (Å²) in [5.74, 6) is 0.517. The maximum Gasteiger partial charge on any atom is 0.337 e. The Morgan fingerprint density at radius 3 is 2.76 bits per heavy atom. The third-order valence-electron chi connectivity index (χ3n) is 3.59. The Labute approximate surface area is 126 Å². The van der Waals surface area contributed by atoms with Crippen molar-refractivity contribution < 1.29 is 14.1 Å². The van der Waals surface area contributed by atoms with E-state index in [1.165, 1.54) is 0 Å². The maximum absolute atomic E-state index is 11.5. The van der Waals surface area contributed by atoms with Gasteiger partial charge in [0.1, 0.15) is 5.82 Å². The Hall–Kier alpha value is -1.69. The first kappa shape index (κ1) is 15.7. The van der Waals surface area contributed by atoms with Crippen molar-refractivity contribution in [3.63, 3.8) is 0 Å². The summed E-state index contributed by atoms with van der Waals surface area (Å²) in [5.41, 5.74) is 1.64. The number of carbonyl (C=O) groups is 1. The number of imidazole rings is 1. The van der Waals surface area contributed by atoms with Crippen LogP contribution in [0.15, 0.2) is 18.2 Å². The Balaban J connectivity index is 2.58. The number of rotatable bonds is 6. The maximum atomic E-state index is 11.5. The smallest absolute Gasteiger partial charge is 0.337 e. The van der Waals surface area contributed by atoms with Crippen LogP contribution in [0.25, 0.3) is 11.0 Å². The lowest BCUT2D eigenvalue weighted by Crippen LogP contribution is -2.13. The fourth-order valence-corrected chi connectivity index (χ4v) is 3.23. The number of benzene rings is 1. The Morgan fingerprint density at radius 1 is 1.48 bits per heavy atom. The van der Waals surface area contributed by atoms with E-state index in [2.05, 4.69) is 4.98 Å². The number of carboxylic acid groups (broad SMARTS) is 1. The molecule has 0 bridgehead atoms. The highest BCUT2D eigenvalue weighted by molar-refractivity contribution is 7.84. The van der Waals surface area contributed by atoms with E-state index in [0.29, 0.717) is 16.8 Å². The van der Waals surface area contributed by atoms with Crippen molar-refractivity contribution in [1.82, 2.24) is 9.55 Å². The topological polar surface area (TPSA) is 72.2 Å². The summed E-state index contributed by atoms with van der Waals surface area (Å²) >= 11 is 0. The lowest BCUT2D eigenvalue weighted by Gasteiger charge is -2.17. The average Bonchev–Trinajstić information content (AvgIpc) is 2.82. The molecule has 2 rings (SSSR count). The number of aromatic carboxylic acids is 1. The number of nitrogens with zero attached hydrogens (tertiary/aromatic N) is 2. The minimum Gasteiger partial charge on any atom is -0.478 e. The molecule has 114 valence electrons. The number of aromatic nitrogens is 2. The highest BCUT2D eigenvalue weighted by atomic mass is 32.2. The molecular weight excluding hydrogens is 288 g/mol. The molecule has 0 fully saturated rings. The largest absolute Gasteiger partial charge is 0.478 e. The molecule has 0 saturated carbocycles. The zero-order valence-electron chi connectivity index (χ0n) is 12.5. The standard InChI is InChI=1S/C15H20N2O3S/c1-4-13-16-12-7-5-6-11(15(18)19)14(12)17(13)10(2)8-9-21(3)20/h5-7,10H,4,8-9H2,1-3H3,(H,18,19). The molecule has 1 heterocycles. The van der Waals surface area contributed by atoms with E-state index in [-0.39, 0.29) is 11.6 Å². The molecule has 0 amide bonds. The number of hydrogen-bond donors (Lipinski definition) is 1. The van der Waals surface area contributed by atoms with Crippen LogP contribution < -0.4 is 0 Å². The second-order valence-corrected chi connectivity index (χ2v) is 6.70. The van der Waals surface area contributed by atoms with Gasteiger partial charge >= 0.3 is 5.97 Å². The Bertz CT molecular complexity index is 694. The molecule has 1 aromatic carbocycles. The van der Waals surface area contributed by atoms with Crippen LogP contribution in [0.4, 0.5) is 0 Å². The second kappa shape index (κ2) is 6.39. The fraction of sp³-hybridized carbons (Fsp3) is 0.467. The van der Waals surface area contributed by atoms with E-state index in [4.69, 9.17) is 0 Å². The van der Waals surface area contributed by atoms with Gasteiger partial charge < -0.3 is 9.67 Å². The van der Waals surface area contributed by atoms with Crippen LogP contribution in [0.3, 0.4) is 0 Å². The van der Waals surface area contributed by atoms with Crippen LogP contribution in [-0.4, -0.2) is 36.8 Å². The van der Waals surface area contributed by atoms with Gasteiger partial charge in [0.2, 0.25) is 0 Å². The van der Waals surface area contributed by atoms with Gasteiger partial charge in [-0.1, -0.05) is 13.0 Å². The predicted octanol–water partition coefficient (Wildman–Crippen LogP) is 2.63. The Morgan fingerprint density at radius 2 is 2.19 bits per heavy atom. The number of fused-ring (bicyclic) bond motifs is 1. The summed E-state index contributed by atoms with van der Waals surface area (Å²) in [6, 6.07) is 5.22. The van der Waals surface area contributed by atoms with Crippen LogP contribution in [0.2, 0.25) is 0 Å². The van der Waals surface area contributed by atoms with E-state index in [0.717, 1.165) is 18.7 Å². The molecule has 2 aromatic rings. The number of hydrogen-bond acceptors (Lipinski definition) is 3. The van der Waals surface area contributed by atoms with Crippen molar-refractivity contribution in [1.29, 1.82) is 0 Å². The summed E-state index contributed by atoms with van der Waals surface area (Å²) in [4.78, 5) is 16.0. The van der Waals surface area contributed by atoms with Gasteiger partial charge in [-0.3, -0.25) is 4.21 Å². The molecule has 0 saturated heterocycles. The third-order valence-corrected chi connectivity index (χ3v) is 4.40. The second-order valence-electron chi connectivity index (χ2n) is 5.15. The van der Waals surface area contributed by atoms with Crippen LogP contribution in [0.1, 0.15) is 42.5 Å². The fourth-order valence-electron chi connectivity index (χ4n) is 2.56. The predicted molar refractivity (Wildman–Crippen MR) is 84.3 cm³/mol. The van der Waals surface area contributed by atoms with Gasteiger partial charge in [-0.25, -0.2) is 9.78 Å². The summed E-state index contributed by atoms with van der Waals surface area (Å²) in [6.45, 7) is 4.02. The summed E-state index contributed by atoms with van der Waals surface area (Å²) < 4.78 is 13.3. The first-order valence-corrected chi connectivity index (χ1v) is 8.71. The monoisotopic (exact) mass is 308 g/mol. The van der Waals surface area contributed by atoms with Crippen LogP contribution in [-0.2, 0) is 17.2 Å². The summed E-state index contributed by atoms with van der Waals surface area (Å²) in [6.07, 6.45) is 3.14. The summed E-state index contributed by atoms with van der Waals surface area (Å²) in [7, 11) is -0.854. The molecule has 2 unspecified atom stereocenters. The summed E-state index contributed by atoms with van der Waals surface area (Å²) in [5, 5.41) is 9.40. The molecule has 1 N–H and O–H groups in total. The molecule has 6 heteroatoms. The molecule has 0 radical (unpaired) electrons. The zero-order valence-corrected chi connectivity index (χ0v) is 13.3. The van der Waals surface area contributed by atoms with E-state index >= 15 is 0 Å². The SMILES string of the molecule is CCc1nc2cccc(C(=O)O)c2n1C(C)CCS(C)=O.